The van der Waals surface area contributed by atoms with Gasteiger partial charge in [0.25, 0.3) is 5.69 Å². The molecule has 2 N–H and O–H groups in total. The minimum absolute atomic E-state index is 0.264. The molecular weight excluding hydrogens is 498 g/mol. The second-order valence-corrected chi connectivity index (χ2v) is 9.34. The van der Waals surface area contributed by atoms with E-state index in [9.17, 15) is 18.5 Å². The van der Waals surface area contributed by atoms with Gasteiger partial charge in [0.05, 0.1) is 18.6 Å². The van der Waals surface area contributed by atoms with Crippen LogP contribution in [0.5, 0.6) is 11.5 Å². The third-order valence-corrected chi connectivity index (χ3v) is 7.07. The number of carbonyl (C=O) groups is 2. The number of nitro benzene ring substituents is 1. The smallest absolute Gasteiger partial charge is 0.414 e. The molecule has 0 saturated carbocycles. The molecule has 1 fully saturated rings. The number of ether oxygens (including phenoxy) is 2. The molecule has 0 unspecified atom stereocenters. The maximum atomic E-state index is 12.9. The fourth-order valence-electron chi connectivity index (χ4n) is 3.44. The first-order valence-corrected chi connectivity index (χ1v) is 12.2. The van der Waals surface area contributed by atoms with E-state index in [2.05, 4.69) is 4.90 Å². The summed E-state index contributed by atoms with van der Waals surface area (Å²) in [6.07, 6.45) is 0. The van der Waals surface area contributed by atoms with Crippen LogP contribution >= 0.6 is 0 Å². The van der Waals surface area contributed by atoms with Crippen molar-refractivity contribution < 1.29 is 42.6 Å². The average Bonchev–Trinajstić information content (AvgIpc) is 2.85. The first-order valence-electron chi connectivity index (χ1n) is 10.7. The van der Waals surface area contributed by atoms with E-state index >= 15 is 0 Å². The average molecular weight is 526 g/mol. The fourth-order valence-corrected chi connectivity index (χ4v) is 5.02. The minimum atomic E-state index is -3.93. The summed E-state index contributed by atoms with van der Waals surface area (Å²) in [5.74, 6) is -2.30. The van der Waals surface area contributed by atoms with Gasteiger partial charge >= 0.3 is 11.9 Å². The van der Waals surface area contributed by atoms with Gasteiger partial charge in [0.1, 0.15) is 0 Å². The van der Waals surface area contributed by atoms with Gasteiger partial charge in [-0.05, 0) is 30.7 Å². The Hall–Kier alpha value is -3.75. The van der Waals surface area contributed by atoms with E-state index in [1.54, 1.807) is 7.11 Å². The number of benzene rings is 2. The molecule has 0 amide bonds. The van der Waals surface area contributed by atoms with Crippen LogP contribution in [0.15, 0.2) is 47.4 Å². The van der Waals surface area contributed by atoms with Crippen LogP contribution in [0.1, 0.15) is 12.5 Å². The number of aliphatic carboxylic acids is 2. The second kappa shape index (κ2) is 12.8. The highest BCUT2D eigenvalue weighted by molar-refractivity contribution is 7.89. The Labute approximate surface area is 207 Å². The van der Waals surface area contributed by atoms with Crippen LogP contribution in [-0.2, 0) is 26.2 Å². The number of rotatable bonds is 8. The van der Waals surface area contributed by atoms with Gasteiger partial charge in [-0.15, -0.1) is 0 Å². The molecule has 0 radical (unpaired) electrons. The Morgan fingerprint density at radius 3 is 2.17 bits per heavy atom. The molecule has 2 aromatic rings. The highest BCUT2D eigenvalue weighted by Gasteiger charge is 2.33. The van der Waals surface area contributed by atoms with Gasteiger partial charge in [-0.2, -0.15) is 4.31 Å². The lowest BCUT2D eigenvalue weighted by Crippen LogP contribution is -2.48. The largest absolute Gasteiger partial charge is 0.493 e. The minimum Gasteiger partial charge on any atom is -0.493 e. The SMILES string of the molecule is CCOc1ccc(CN2CCN(S(=O)(=O)c3ccccc3[N+](=O)[O-])CC2)cc1OC.O=C(O)C(=O)O. The second-order valence-electron chi connectivity index (χ2n) is 7.43. The van der Waals surface area contributed by atoms with Crippen LogP contribution in [0.2, 0.25) is 0 Å². The molecule has 3 rings (SSSR count). The van der Waals surface area contributed by atoms with Crippen LogP contribution in [0, 0.1) is 10.1 Å². The predicted octanol–water partition coefficient (Wildman–Crippen LogP) is 1.66. The maximum Gasteiger partial charge on any atom is 0.414 e. The lowest BCUT2D eigenvalue weighted by molar-refractivity contribution is -0.387. The van der Waals surface area contributed by atoms with Crippen molar-refractivity contribution in [2.45, 2.75) is 18.4 Å². The van der Waals surface area contributed by atoms with E-state index < -0.39 is 32.6 Å². The van der Waals surface area contributed by atoms with E-state index in [4.69, 9.17) is 29.3 Å². The van der Waals surface area contributed by atoms with Crippen molar-refractivity contribution in [2.75, 3.05) is 39.9 Å². The predicted molar refractivity (Wildman–Crippen MR) is 127 cm³/mol. The lowest BCUT2D eigenvalue weighted by Gasteiger charge is -2.34. The van der Waals surface area contributed by atoms with Gasteiger partial charge in [-0.25, -0.2) is 18.0 Å². The summed E-state index contributed by atoms with van der Waals surface area (Å²) in [5.41, 5.74) is 0.631. The molecule has 14 heteroatoms. The molecule has 1 aliphatic rings. The van der Waals surface area contributed by atoms with Crippen molar-refractivity contribution in [1.29, 1.82) is 0 Å². The van der Waals surface area contributed by atoms with Crippen molar-refractivity contribution in [3.63, 3.8) is 0 Å². The molecular formula is C22H27N3O10S. The summed E-state index contributed by atoms with van der Waals surface area (Å²) in [6.45, 7) is 4.68. The zero-order valence-electron chi connectivity index (χ0n) is 19.7. The van der Waals surface area contributed by atoms with Gasteiger partial charge in [-0.1, -0.05) is 18.2 Å². The number of carboxylic acids is 2. The van der Waals surface area contributed by atoms with Crippen LogP contribution in [-0.4, -0.2) is 84.6 Å². The van der Waals surface area contributed by atoms with Crippen LogP contribution in [0.4, 0.5) is 5.69 Å². The van der Waals surface area contributed by atoms with E-state index in [-0.39, 0.29) is 18.0 Å². The normalized spacial score (nSPS) is 14.3. The van der Waals surface area contributed by atoms with E-state index in [0.29, 0.717) is 37.7 Å². The molecule has 1 heterocycles. The van der Waals surface area contributed by atoms with Crippen molar-refractivity contribution in [1.82, 2.24) is 9.21 Å². The summed E-state index contributed by atoms with van der Waals surface area (Å²) in [4.78, 5) is 30.6. The van der Waals surface area contributed by atoms with E-state index in [0.717, 1.165) is 5.56 Å². The molecule has 13 nitrogen and oxygen atoms in total. The molecule has 1 saturated heterocycles. The van der Waals surface area contributed by atoms with Crippen molar-refractivity contribution in [2.24, 2.45) is 0 Å². The maximum absolute atomic E-state index is 12.9. The van der Waals surface area contributed by atoms with Gasteiger partial charge in [0, 0.05) is 38.8 Å². The highest BCUT2D eigenvalue weighted by Crippen LogP contribution is 2.30. The molecule has 0 bridgehead atoms. The number of sulfonamides is 1. The Bertz CT molecular complexity index is 1180. The summed E-state index contributed by atoms with van der Waals surface area (Å²) in [5, 5.41) is 26.0. The highest BCUT2D eigenvalue weighted by atomic mass is 32.2. The van der Waals surface area contributed by atoms with Gasteiger partial charge in [0.15, 0.2) is 16.4 Å². The summed E-state index contributed by atoms with van der Waals surface area (Å²) in [6, 6.07) is 11.2. The summed E-state index contributed by atoms with van der Waals surface area (Å²) in [7, 11) is -2.34. The van der Waals surface area contributed by atoms with Crippen LogP contribution in [0.3, 0.4) is 0 Å². The number of hydrogen-bond donors (Lipinski definition) is 2. The Morgan fingerprint density at radius 1 is 1.03 bits per heavy atom. The summed E-state index contributed by atoms with van der Waals surface area (Å²) >= 11 is 0. The molecule has 2 aromatic carbocycles. The zero-order valence-corrected chi connectivity index (χ0v) is 20.5. The van der Waals surface area contributed by atoms with E-state index in [1.165, 1.54) is 28.6 Å². The first-order chi connectivity index (χ1) is 17.0. The number of hydrogen-bond acceptors (Lipinski definition) is 9. The standard InChI is InChI=1S/C20H25N3O6S.C2H2O4/c1-3-29-18-9-8-16(14-19(18)28-2)15-21-10-12-22(13-11-21)30(26,27)20-7-5-4-6-17(20)23(24)25;3-1(4)2(5)6/h4-9,14H,3,10-13,15H2,1-2H3;(H,3,4)(H,5,6). The molecule has 0 aromatic heterocycles. The number of nitrogens with zero attached hydrogens (tertiary/aromatic N) is 3. The third-order valence-electron chi connectivity index (χ3n) is 5.13. The zero-order chi connectivity index (χ0) is 26.9. The van der Waals surface area contributed by atoms with Crippen molar-refractivity contribution >= 4 is 27.6 Å². The quantitative estimate of drug-likeness (QED) is 0.291. The number of piperazine rings is 1. The molecule has 196 valence electrons. The Kier molecular flexibility index (Phi) is 10.1. The van der Waals surface area contributed by atoms with Gasteiger partial charge in [0.2, 0.25) is 10.0 Å². The third kappa shape index (κ3) is 7.37. The molecule has 1 aliphatic heterocycles. The van der Waals surface area contributed by atoms with Crippen LogP contribution in [0.25, 0.3) is 0 Å². The molecule has 0 atom stereocenters. The summed E-state index contributed by atoms with van der Waals surface area (Å²) < 4.78 is 38.1. The number of carboxylic acid groups (broad SMARTS) is 2. The Balaban J connectivity index is 0.000000678. The topological polar surface area (TPSA) is 177 Å². The van der Waals surface area contributed by atoms with Crippen LogP contribution < -0.4 is 9.47 Å². The van der Waals surface area contributed by atoms with Gasteiger partial charge in [-0.3, -0.25) is 15.0 Å². The van der Waals surface area contributed by atoms with Gasteiger partial charge < -0.3 is 19.7 Å². The number of methoxy groups -OCH3 is 1. The fraction of sp³-hybridized carbons (Fsp3) is 0.364. The monoisotopic (exact) mass is 525 g/mol. The van der Waals surface area contributed by atoms with Crippen molar-refractivity contribution in [3.8, 4) is 11.5 Å². The van der Waals surface area contributed by atoms with Crippen molar-refractivity contribution in [3.05, 3.63) is 58.1 Å². The number of nitro groups is 1. The number of para-hydroxylation sites is 1. The molecule has 36 heavy (non-hydrogen) atoms. The Morgan fingerprint density at radius 2 is 1.64 bits per heavy atom. The van der Waals surface area contributed by atoms with E-state index in [1.807, 2.05) is 25.1 Å². The lowest BCUT2D eigenvalue weighted by atomic mass is 10.1. The molecule has 0 aliphatic carbocycles. The first kappa shape index (κ1) is 28.5. The molecule has 0 spiro atoms.